The molecule has 1 aliphatic heterocycles. The standard InChI is InChI=1S/C14H17N3O2S3/c1-9-16-12-3-2-11(6-13(12)21-9)17-14(20)15-7-10-4-5-22(18,19)8-10/h2-3,6,10H,4-5,7-8H2,1H3,(H2,15,17,20)/t10-/m1/s1. The zero-order valence-corrected chi connectivity index (χ0v) is 14.6. The summed E-state index contributed by atoms with van der Waals surface area (Å²) in [5.74, 6) is 0.701. The summed E-state index contributed by atoms with van der Waals surface area (Å²) in [5, 5.41) is 7.80. The second-order valence-electron chi connectivity index (χ2n) is 5.52. The van der Waals surface area contributed by atoms with E-state index in [0.29, 0.717) is 23.8 Å². The van der Waals surface area contributed by atoms with Crippen LogP contribution in [0.3, 0.4) is 0 Å². The van der Waals surface area contributed by atoms with Crippen LogP contribution >= 0.6 is 23.6 Å². The Hall–Kier alpha value is -1.25. The first-order valence-corrected chi connectivity index (χ1v) is 10.1. The van der Waals surface area contributed by atoms with Gasteiger partial charge in [0.1, 0.15) is 0 Å². The summed E-state index contributed by atoms with van der Waals surface area (Å²) in [7, 11) is -2.83. The molecule has 22 heavy (non-hydrogen) atoms. The second kappa shape index (κ2) is 6.10. The molecule has 0 bridgehead atoms. The van der Waals surface area contributed by atoms with Gasteiger partial charge in [0.15, 0.2) is 14.9 Å². The summed E-state index contributed by atoms with van der Waals surface area (Å²) in [6.45, 7) is 2.58. The average molecular weight is 356 g/mol. The van der Waals surface area contributed by atoms with Crippen LogP contribution in [0.4, 0.5) is 5.69 Å². The Morgan fingerprint density at radius 1 is 1.50 bits per heavy atom. The maximum absolute atomic E-state index is 11.4. The normalized spacial score (nSPS) is 20.1. The van der Waals surface area contributed by atoms with Gasteiger partial charge in [-0.05, 0) is 49.7 Å². The molecule has 0 radical (unpaired) electrons. The Bertz CT molecular complexity index is 814. The van der Waals surface area contributed by atoms with Gasteiger partial charge in [-0.25, -0.2) is 13.4 Å². The smallest absolute Gasteiger partial charge is 0.170 e. The Balaban J connectivity index is 1.56. The molecule has 0 saturated carbocycles. The molecule has 0 unspecified atom stereocenters. The highest BCUT2D eigenvalue weighted by Gasteiger charge is 2.27. The molecule has 0 spiro atoms. The van der Waals surface area contributed by atoms with Crippen LogP contribution in [0.15, 0.2) is 18.2 Å². The first-order valence-electron chi connectivity index (χ1n) is 7.04. The van der Waals surface area contributed by atoms with Crippen molar-refractivity contribution in [2.24, 2.45) is 5.92 Å². The monoisotopic (exact) mass is 355 g/mol. The summed E-state index contributed by atoms with van der Waals surface area (Å²) in [5.41, 5.74) is 1.90. The van der Waals surface area contributed by atoms with Crippen LogP contribution in [0.2, 0.25) is 0 Å². The van der Waals surface area contributed by atoms with Crippen LogP contribution < -0.4 is 10.6 Å². The first kappa shape index (κ1) is 15.6. The number of fused-ring (bicyclic) bond motifs is 1. The van der Waals surface area contributed by atoms with Crippen molar-refractivity contribution >= 4 is 54.4 Å². The van der Waals surface area contributed by atoms with E-state index in [9.17, 15) is 8.42 Å². The van der Waals surface area contributed by atoms with E-state index in [1.54, 1.807) is 11.3 Å². The topological polar surface area (TPSA) is 71.1 Å². The van der Waals surface area contributed by atoms with Crippen molar-refractivity contribution in [1.29, 1.82) is 0 Å². The van der Waals surface area contributed by atoms with Crippen LogP contribution in [-0.2, 0) is 9.84 Å². The number of aromatic nitrogens is 1. The summed E-state index contributed by atoms with van der Waals surface area (Å²) in [6.07, 6.45) is 0.712. The highest BCUT2D eigenvalue weighted by atomic mass is 32.2. The largest absolute Gasteiger partial charge is 0.362 e. The van der Waals surface area contributed by atoms with Crippen molar-refractivity contribution in [2.75, 3.05) is 23.4 Å². The van der Waals surface area contributed by atoms with E-state index >= 15 is 0 Å². The van der Waals surface area contributed by atoms with Crippen LogP contribution in [0.1, 0.15) is 11.4 Å². The lowest BCUT2D eigenvalue weighted by atomic mass is 10.1. The molecule has 1 atom stereocenters. The molecular formula is C14H17N3O2S3. The Labute approximate surface area is 139 Å². The van der Waals surface area contributed by atoms with Crippen molar-refractivity contribution in [2.45, 2.75) is 13.3 Å². The fraction of sp³-hybridized carbons (Fsp3) is 0.429. The molecule has 0 amide bonds. The second-order valence-corrected chi connectivity index (χ2v) is 9.39. The Kier molecular flexibility index (Phi) is 4.33. The van der Waals surface area contributed by atoms with Gasteiger partial charge < -0.3 is 10.6 Å². The zero-order chi connectivity index (χ0) is 15.7. The van der Waals surface area contributed by atoms with Crippen LogP contribution in [0, 0.1) is 12.8 Å². The van der Waals surface area contributed by atoms with Gasteiger partial charge in [-0.15, -0.1) is 11.3 Å². The van der Waals surface area contributed by atoms with Gasteiger partial charge in [0.2, 0.25) is 0 Å². The Morgan fingerprint density at radius 3 is 3.05 bits per heavy atom. The minimum absolute atomic E-state index is 0.149. The van der Waals surface area contributed by atoms with Gasteiger partial charge in [-0.3, -0.25) is 0 Å². The van der Waals surface area contributed by atoms with E-state index in [1.165, 1.54) is 0 Å². The number of anilines is 1. The average Bonchev–Trinajstić information content (AvgIpc) is 2.97. The minimum atomic E-state index is -2.83. The number of benzene rings is 1. The molecule has 0 aliphatic carbocycles. The van der Waals surface area contributed by atoms with E-state index in [4.69, 9.17) is 12.2 Å². The number of thiocarbonyl (C=S) groups is 1. The third-order valence-corrected chi connectivity index (χ3v) is 6.65. The van der Waals surface area contributed by atoms with E-state index in [-0.39, 0.29) is 11.7 Å². The molecule has 2 heterocycles. The summed E-state index contributed by atoms with van der Waals surface area (Å²) in [6, 6.07) is 5.93. The number of nitrogens with zero attached hydrogens (tertiary/aromatic N) is 1. The summed E-state index contributed by atoms with van der Waals surface area (Å²) in [4.78, 5) is 4.42. The minimum Gasteiger partial charge on any atom is -0.362 e. The number of rotatable bonds is 3. The lowest BCUT2D eigenvalue weighted by Crippen LogP contribution is -2.33. The van der Waals surface area contributed by atoms with E-state index in [2.05, 4.69) is 15.6 Å². The van der Waals surface area contributed by atoms with Crippen molar-refractivity contribution < 1.29 is 8.42 Å². The third kappa shape index (κ3) is 3.74. The van der Waals surface area contributed by atoms with Gasteiger partial charge in [0.25, 0.3) is 0 Å². The number of aryl methyl sites for hydroxylation is 1. The fourth-order valence-corrected chi connectivity index (χ4v) is 5.49. The molecular weight excluding hydrogens is 338 g/mol. The molecule has 2 N–H and O–H groups in total. The van der Waals surface area contributed by atoms with Crippen molar-refractivity contribution in [3.8, 4) is 0 Å². The highest BCUT2D eigenvalue weighted by molar-refractivity contribution is 7.91. The maximum atomic E-state index is 11.4. The predicted molar refractivity (Wildman–Crippen MR) is 95.3 cm³/mol. The predicted octanol–water partition coefficient (Wildman–Crippen LogP) is 2.33. The van der Waals surface area contributed by atoms with Gasteiger partial charge in [-0.2, -0.15) is 0 Å². The fourth-order valence-electron chi connectivity index (χ4n) is 2.56. The summed E-state index contributed by atoms with van der Waals surface area (Å²) < 4.78 is 24.0. The van der Waals surface area contributed by atoms with Gasteiger partial charge >= 0.3 is 0 Å². The molecule has 1 saturated heterocycles. The van der Waals surface area contributed by atoms with E-state index in [1.807, 2.05) is 25.1 Å². The molecule has 2 aromatic rings. The number of sulfone groups is 1. The maximum Gasteiger partial charge on any atom is 0.170 e. The van der Waals surface area contributed by atoms with Crippen LogP contribution in [0.5, 0.6) is 0 Å². The third-order valence-electron chi connectivity index (χ3n) is 3.63. The van der Waals surface area contributed by atoms with E-state index < -0.39 is 9.84 Å². The van der Waals surface area contributed by atoms with Crippen molar-refractivity contribution in [3.63, 3.8) is 0 Å². The van der Waals surface area contributed by atoms with Gasteiger partial charge in [-0.1, -0.05) is 0 Å². The number of nitrogens with one attached hydrogen (secondary N) is 2. The van der Waals surface area contributed by atoms with Crippen LogP contribution in [0.25, 0.3) is 10.2 Å². The molecule has 3 rings (SSSR count). The molecule has 5 nitrogen and oxygen atoms in total. The molecule has 1 aromatic heterocycles. The molecule has 118 valence electrons. The van der Waals surface area contributed by atoms with Crippen LogP contribution in [-0.4, -0.2) is 36.6 Å². The van der Waals surface area contributed by atoms with Crippen molar-refractivity contribution in [1.82, 2.24) is 10.3 Å². The lowest BCUT2D eigenvalue weighted by Gasteiger charge is -2.13. The highest BCUT2D eigenvalue weighted by Crippen LogP contribution is 2.24. The molecule has 8 heteroatoms. The summed E-state index contributed by atoms with van der Waals surface area (Å²) >= 11 is 6.92. The quantitative estimate of drug-likeness (QED) is 0.824. The van der Waals surface area contributed by atoms with Gasteiger partial charge in [0, 0.05) is 12.2 Å². The van der Waals surface area contributed by atoms with E-state index in [0.717, 1.165) is 20.9 Å². The number of hydrogen-bond donors (Lipinski definition) is 2. The SMILES string of the molecule is Cc1nc2ccc(NC(=S)NC[C@H]3CCS(=O)(=O)C3)cc2s1. The number of thiazole rings is 1. The number of hydrogen-bond acceptors (Lipinski definition) is 5. The van der Waals surface area contributed by atoms with Crippen molar-refractivity contribution in [3.05, 3.63) is 23.2 Å². The molecule has 1 aliphatic rings. The zero-order valence-electron chi connectivity index (χ0n) is 12.1. The first-order chi connectivity index (χ1) is 10.4. The lowest BCUT2D eigenvalue weighted by molar-refractivity contribution is 0.574. The van der Waals surface area contributed by atoms with Gasteiger partial charge in [0.05, 0.1) is 26.7 Å². The molecule has 1 aromatic carbocycles. The molecule has 1 fully saturated rings. The Morgan fingerprint density at radius 2 is 2.32 bits per heavy atom.